The molecule has 1 fully saturated rings. The molecule has 0 aromatic carbocycles. The second-order valence-corrected chi connectivity index (χ2v) is 4.27. The highest BCUT2D eigenvalue weighted by atomic mass is 35.5. The van der Waals surface area contributed by atoms with Crippen molar-refractivity contribution in [3.05, 3.63) is 18.1 Å². The number of nitrogens with zero attached hydrogens (tertiary/aromatic N) is 3. The van der Waals surface area contributed by atoms with Crippen molar-refractivity contribution in [2.75, 3.05) is 17.3 Å². The van der Waals surface area contributed by atoms with Crippen LogP contribution < -0.4 is 4.90 Å². The number of aromatic nitrogens is 2. The highest BCUT2D eigenvalue weighted by Crippen LogP contribution is 2.25. The lowest BCUT2D eigenvalue weighted by atomic mass is 10.0. The molecule has 1 aromatic heterocycles. The number of hydrogen-bond donors (Lipinski definition) is 0. The van der Waals surface area contributed by atoms with Crippen LogP contribution in [0, 0.1) is 6.92 Å². The number of halogens is 1. The first-order chi connectivity index (χ1) is 7.33. The van der Waals surface area contributed by atoms with E-state index in [-0.39, 0.29) is 0 Å². The first-order valence-corrected chi connectivity index (χ1v) is 5.96. The van der Waals surface area contributed by atoms with E-state index >= 15 is 0 Å². The van der Waals surface area contributed by atoms with Crippen molar-refractivity contribution < 1.29 is 0 Å². The van der Waals surface area contributed by atoms with Gasteiger partial charge in [0.1, 0.15) is 5.82 Å². The number of rotatable bonds is 2. The summed E-state index contributed by atoms with van der Waals surface area (Å²) in [5.74, 6) is 1.68. The summed E-state index contributed by atoms with van der Waals surface area (Å²) in [6, 6.07) is 0.427. The largest absolute Gasteiger partial charge is 0.351 e. The molecule has 1 aliphatic rings. The van der Waals surface area contributed by atoms with Crippen LogP contribution in [-0.2, 0) is 0 Å². The van der Waals surface area contributed by atoms with Crippen molar-refractivity contribution in [1.82, 2.24) is 9.97 Å². The van der Waals surface area contributed by atoms with Crippen LogP contribution >= 0.6 is 11.6 Å². The molecule has 82 valence electrons. The van der Waals surface area contributed by atoms with Gasteiger partial charge in [-0.05, 0) is 26.2 Å². The fraction of sp³-hybridized carbons (Fsp3) is 0.636. The zero-order chi connectivity index (χ0) is 10.7. The molecule has 15 heavy (non-hydrogen) atoms. The van der Waals surface area contributed by atoms with Gasteiger partial charge in [-0.25, -0.2) is 4.98 Å². The first-order valence-electron chi connectivity index (χ1n) is 5.43. The Morgan fingerprint density at radius 2 is 2.20 bits per heavy atom. The van der Waals surface area contributed by atoms with E-state index < -0.39 is 0 Å². The molecule has 4 heteroatoms. The van der Waals surface area contributed by atoms with Gasteiger partial charge in [-0.1, -0.05) is 0 Å². The Bertz CT molecular complexity index is 329. The van der Waals surface area contributed by atoms with Crippen LogP contribution in [0.15, 0.2) is 12.4 Å². The van der Waals surface area contributed by atoms with Crippen LogP contribution in [0.5, 0.6) is 0 Å². The Balaban J connectivity index is 2.24. The van der Waals surface area contributed by atoms with E-state index in [0.717, 1.165) is 18.1 Å². The van der Waals surface area contributed by atoms with Crippen LogP contribution in [0.3, 0.4) is 0 Å². The Morgan fingerprint density at radius 1 is 1.40 bits per heavy atom. The number of alkyl halides is 1. The van der Waals surface area contributed by atoms with Gasteiger partial charge in [0, 0.05) is 30.9 Å². The average molecular weight is 226 g/mol. The molecule has 0 saturated carbocycles. The molecule has 2 heterocycles. The molecular weight excluding hydrogens is 210 g/mol. The van der Waals surface area contributed by atoms with E-state index in [2.05, 4.69) is 14.9 Å². The lowest BCUT2D eigenvalue weighted by Gasteiger charge is -2.35. The van der Waals surface area contributed by atoms with Crippen molar-refractivity contribution in [2.24, 2.45) is 0 Å². The number of anilines is 1. The lowest BCUT2D eigenvalue weighted by Crippen LogP contribution is -2.41. The standard InChI is InChI=1S/C11H16ClN3/c1-9-11(14-6-5-13-9)15-7-3-2-4-10(15)8-12/h5-6,10H,2-4,7-8H2,1H3. The third-order valence-electron chi connectivity index (χ3n) is 2.93. The molecule has 1 unspecified atom stereocenters. The molecule has 1 saturated heterocycles. The molecular formula is C11H16ClN3. The van der Waals surface area contributed by atoms with Gasteiger partial charge in [0.2, 0.25) is 0 Å². The average Bonchev–Trinajstić information content (AvgIpc) is 2.30. The normalized spacial score (nSPS) is 21.7. The summed E-state index contributed by atoms with van der Waals surface area (Å²) in [6.45, 7) is 3.05. The molecule has 1 atom stereocenters. The Labute approximate surface area is 95.5 Å². The van der Waals surface area contributed by atoms with Gasteiger partial charge in [0.25, 0.3) is 0 Å². The summed E-state index contributed by atoms with van der Waals surface area (Å²) < 4.78 is 0. The van der Waals surface area contributed by atoms with Crippen molar-refractivity contribution >= 4 is 17.4 Å². The monoisotopic (exact) mass is 225 g/mol. The van der Waals surface area contributed by atoms with Gasteiger partial charge in [-0.3, -0.25) is 4.98 Å². The molecule has 0 amide bonds. The highest BCUT2D eigenvalue weighted by Gasteiger charge is 2.23. The zero-order valence-corrected chi connectivity index (χ0v) is 9.74. The lowest BCUT2D eigenvalue weighted by molar-refractivity contribution is 0.483. The third kappa shape index (κ3) is 2.23. The van der Waals surface area contributed by atoms with Gasteiger partial charge in [-0.2, -0.15) is 0 Å². The van der Waals surface area contributed by atoms with E-state index in [1.54, 1.807) is 12.4 Å². The summed E-state index contributed by atoms with van der Waals surface area (Å²) in [7, 11) is 0. The van der Waals surface area contributed by atoms with E-state index in [9.17, 15) is 0 Å². The van der Waals surface area contributed by atoms with Crippen LogP contribution in [0.4, 0.5) is 5.82 Å². The second kappa shape index (κ2) is 4.79. The van der Waals surface area contributed by atoms with Gasteiger partial charge >= 0.3 is 0 Å². The Hall–Kier alpha value is -0.830. The fourth-order valence-electron chi connectivity index (χ4n) is 2.12. The second-order valence-electron chi connectivity index (χ2n) is 3.96. The van der Waals surface area contributed by atoms with Crippen molar-refractivity contribution in [1.29, 1.82) is 0 Å². The maximum atomic E-state index is 5.99. The molecule has 0 N–H and O–H groups in total. The van der Waals surface area contributed by atoms with Gasteiger partial charge in [-0.15, -0.1) is 11.6 Å². The molecule has 1 aromatic rings. The summed E-state index contributed by atoms with van der Waals surface area (Å²) in [5, 5.41) is 0. The van der Waals surface area contributed by atoms with Crippen molar-refractivity contribution in [2.45, 2.75) is 32.2 Å². The fourth-order valence-corrected chi connectivity index (χ4v) is 2.44. The van der Waals surface area contributed by atoms with Gasteiger partial charge in [0.15, 0.2) is 0 Å². The quantitative estimate of drug-likeness (QED) is 0.724. The van der Waals surface area contributed by atoms with E-state index in [0.29, 0.717) is 11.9 Å². The van der Waals surface area contributed by atoms with Crippen LogP contribution in [0.25, 0.3) is 0 Å². The number of hydrogen-bond acceptors (Lipinski definition) is 3. The molecule has 2 rings (SSSR count). The topological polar surface area (TPSA) is 29.0 Å². The smallest absolute Gasteiger partial charge is 0.150 e. The minimum Gasteiger partial charge on any atom is -0.351 e. The predicted molar refractivity (Wildman–Crippen MR) is 62.5 cm³/mol. The van der Waals surface area contributed by atoms with E-state index in [1.165, 1.54) is 19.3 Å². The minimum atomic E-state index is 0.427. The molecule has 0 bridgehead atoms. The summed E-state index contributed by atoms with van der Waals surface area (Å²) >= 11 is 5.99. The van der Waals surface area contributed by atoms with Crippen LogP contribution in [0.1, 0.15) is 25.0 Å². The number of piperidine rings is 1. The Morgan fingerprint density at radius 3 is 2.93 bits per heavy atom. The van der Waals surface area contributed by atoms with Crippen molar-refractivity contribution in [3.63, 3.8) is 0 Å². The molecule has 0 aliphatic carbocycles. The zero-order valence-electron chi connectivity index (χ0n) is 8.99. The minimum absolute atomic E-state index is 0.427. The Kier molecular flexibility index (Phi) is 3.41. The van der Waals surface area contributed by atoms with Crippen molar-refractivity contribution in [3.8, 4) is 0 Å². The third-order valence-corrected chi connectivity index (χ3v) is 3.29. The molecule has 1 aliphatic heterocycles. The van der Waals surface area contributed by atoms with E-state index in [1.807, 2.05) is 6.92 Å². The van der Waals surface area contributed by atoms with Gasteiger partial charge in [0.05, 0.1) is 5.69 Å². The molecule has 3 nitrogen and oxygen atoms in total. The SMILES string of the molecule is Cc1nccnc1N1CCCCC1CCl. The number of aryl methyl sites for hydroxylation is 1. The summed E-state index contributed by atoms with van der Waals surface area (Å²) in [5.41, 5.74) is 0.995. The van der Waals surface area contributed by atoms with Crippen LogP contribution in [-0.4, -0.2) is 28.4 Å². The maximum Gasteiger partial charge on any atom is 0.150 e. The predicted octanol–water partition coefficient (Wildman–Crippen LogP) is 2.38. The molecule has 0 spiro atoms. The molecule has 0 radical (unpaired) electrons. The highest BCUT2D eigenvalue weighted by molar-refractivity contribution is 6.18. The van der Waals surface area contributed by atoms with Gasteiger partial charge < -0.3 is 4.90 Å². The summed E-state index contributed by atoms with van der Waals surface area (Å²) in [4.78, 5) is 11.0. The first kappa shape index (κ1) is 10.7. The van der Waals surface area contributed by atoms with E-state index in [4.69, 9.17) is 11.6 Å². The summed E-state index contributed by atoms with van der Waals surface area (Å²) in [6.07, 6.45) is 7.15. The van der Waals surface area contributed by atoms with Crippen LogP contribution in [0.2, 0.25) is 0 Å². The maximum absolute atomic E-state index is 5.99.